The van der Waals surface area contributed by atoms with Crippen molar-refractivity contribution >= 4 is 58.2 Å². The summed E-state index contributed by atoms with van der Waals surface area (Å²) >= 11 is 17.5. The normalized spacial score (nSPS) is 16.3. The summed E-state index contributed by atoms with van der Waals surface area (Å²) in [7, 11) is 0. The monoisotopic (exact) mass is 348 g/mol. The van der Waals surface area contributed by atoms with Gasteiger partial charge in [0.2, 0.25) is 0 Å². The van der Waals surface area contributed by atoms with E-state index in [2.05, 4.69) is 5.32 Å². The standard InChI is InChI=1S/C16H10Cl2N2OS/c17-11-6-2-1-5-10(11)9-13-15(21)20(16(22)19-13)14-8-4-3-7-12(14)18/h1-9H,(H,19,22)/b13-9-. The minimum Gasteiger partial charge on any atom is -0.327 e. The molecule has 0 saturated carbocycles. The molecule has 1 amide bonds. The fourth-order valence-electron chi connectivity index (χ4n) is 2.13. The first kappa shape index (κ1) is 15.0. The molecular formula is C16H10Cl2N2OS. The lowest BCUT2D eigenvalue weighted by molar-refractivity contribution is -0.113. The topological polar surface area (TPSA) is 32.3 Å². The predicted octanol–water partition coefficient (Wildman–Crippen LogP) is 4.26. The number of anilines is 1. The Hall–Kier alpha value is -1.88. The third-order valence-electron chi connectivity index (χ3n) is 3.18. The molecule has 0 atom stereocenters. The van der Waals surface area contributed by atoms with E-state index in [0.717, 1.165) is 5.56 Å². The number of para-hydroxylation sites is 1. The number of hydrogen-bond donors (Lipinski definition) is 1. The number of carbonyl (C=O) groups excluding carboxylic acids is 1. The Labute approximate surface area is 143 Å². The maximum Gasteiger partial charge on any atom is 0.281 e. The Balaban J connectivity index is 1.99. The van der Waals surface area contributed by atoms with E-state index < -0.39 is 0 Å². The number of nitrogens with zero attached hydrogens (tertiary/aromatic N) is 1. The van der Waals surface area contributed by atoms with Crippen molar-refractivity contribution in [1.82, 2.24) is 5.32 Å². The highest BCUT2D eigenvalue weighted by Crippen LogP contribution is 2.29. The van der Waals surface area contributed by atoms with Crippen LogP contribution in [0.4, 0.5) is 5.69 Å². The summed E-state index contributed by atoms with van der Waals surface area (Å²) < 4.78 is 0. The van der Waals surface area contributed by atoms with Crippen molar-refractivity contribution in [2.75, 3.05) is 4.90 Å². The van der Waals surface area contributed by atoms with E-state index in [1.165, 1.54) is 4.90 Å². The van der Waals surface area contributed by atoms with Gasteiger partial charge in [0, 0.05) is 5.02 Å². The third kappa shape index (κ3) is 2.73. The summed E-state index contributed by atoms with van der Waals surface area (Å²) in [6, 6.07) is 14.3. The fourth-order valence-corrected chi connectivity index (χ4v) is 2.84. The first-order chi connectivity index (χ1) is 10.6. The molecule has 3 rings (SSSR count). The van der Waals surface area contributed by atoms with Crippen LogP contribution < -0.4 is 10.2 Å². The molecule has 0 aliphatic carbocycles. The van der Waals surface area contributed by atoms with Crippen LogP contribution in [-0.2, 0) is 4.79 Å². The van der Waals surface area contributed by atoms with Gasteiger partial charge in [0.1, 0.15) is 5.70 Å². The van der Waals surface area contributed by atoms with Gasteiger partial charge in [-0.05, 0) is 42.1 Å². The largest absolute Gasteiger partial charge is 0.327 e. The van der Waals surface area contributed by atoms with Crippen LogP contribution in [0.2, 0.25) is 10.0 Å². The van der Waals surface area contributed by atoms with Crippen molar-refractivity contribution in [3.63, 3.8) is 0 Å². The van der Waals surface area contributed by atoms with Crippen molar-refractivity contribution in [1.29, 1.82) is 0 Å². The minimum atomic E-state index is -0.266. The molecule has 1 heterocycles. The van der Waals surface area contributed by atoms with Gasteiger partial charge in [-0.15, -0.1) is 0 Å². The molecule has 0 spiro atoms. The Morgan fingerprint density at radius 2 is 1.64 bits per heavy atom. The molecule has 1 N–H and O–H groups in total. The van der Waals surface area contributed by atoms with Gasteiger partial charge in [-0.2, -0.15) is 0 Å². The number of thiocarbonyl (C=S) groups is 1. The number of amides is 1. The zero-order valence-corrected chi connectivity index (χ0v) is 13.5. The van der Waals surface area contributed by atoms with E-state index in [4.69, 9.17) is 35.4 Å². The van der Waals surface area contributed by atoms with Gasteiger partial charge in [0.25, 0.3) is 5.91 Å². The summed E-state index contributed by atoms with van der Waals surface area (Å²) in [6.07, 6.45) is 1.67. The predicted molar refractivity (Wildman–Crippen MR) is 94.1 cm³/mol. The molecule has 1 fully saturated rings. The number of rotatable bonds is 2. The van der Waals surface area contributed by atoms with Crippen molar-refractivity contribution in [3.8, 4) is 0 Å². The van der Waals surface area contributed by atoms with Crippen molar-refractivity contribution in [2.24, 2.45) is 0 Å². The van der Waals surface area contributed by atoms with Gasteiger partial charge in [-0.3, -0.25) is 9.69 Å². The van der Waals surface area contributed by atoms with Crippen LogP contribution >= 0.6 is 35.4 Å². The lowest BCUT2D eigenvalue weighted by atomic mass is 10.2. The van der Waals surface area contributed by atoms with Crippen molar-refractivity contribution < 1.29 is 4.79 Å². The van der Waals surface area contributed by atoms with Crippen LogP contribution in [0.25, 0.3) is 6.08 Å². The van der Waals surface area contributed by atoms with Gasteiger partial charge in [-0.1, -0.05) is 53.5 Å². The summed E-state index contributed by atoms with van der Waals surface area (Å²) in [5.74, 6) is -0.266. The molecule has 3 nitrogen and oxygen atoms in total. The van der Waals surface area contributed by atoms with Crippen molar-refractivity contribution in [2.45, 2.75) is 0 Å². The average molecular weight is 349 g/mol. The molecule has 1 aliphatic heterocycles. The van der Waals surface area contributed by atoms with Crippen LogP contribution in [0.15, 0.2) is 54.2 Å². The zero-order valence-electron chi connectivity index (χ0n) is 11.2. The van der Waals surface area contributed by atoms with Gasteiger partial charge < -0.3 is 5.32 Å². The van der Waals surface area contributed by atoms with Crippen LogP contribution in [0, 0.1) is 0 Å². The molecule has 0 radical (unpaired) electrons. The molecule has 2 aromatic carbocycles. The Kier molecular flexibility index (Phi) is 4.16. The molecule has 2 aromatic rings. The van der Waals surface area contributed by atoms with Crippen LogP contribution in [0.1, 0.15) is 5.56 Å². The summed E-state index contributed by atoms with van der Waals surface area (Å²) in [4.78, 5) is 14.0. The van der Waals surface area contributed by atoms with Crippen LogP contribution in [0.3, 0.4) is 0 Å². The molecule has 0 unspecified atom stereocenters. The second kappa shape index (κ2) is 6.08. The highest BCUT2D eigenvalue weighted by molar-refractivity contribution is 7.80. The molecule has 6 heteroatoms. The molecule has 110 valence electrons. The maximum absolute atomic E-state index is 12.6. The van der Waals surface area contributed by atoms with Crippen LogP contribution in [-0.4, -0.2) is 11.0 Å². The molecule has 1 aliphatic rings. The summed E-state index contributed by atoms with van der Waals surface area (Å²) in [6.45, 7) is 0. The summed E-state index contributed by atoms with van der Waals surface area (Å²) in [5, 5.41) is 4.21. The van der Waals surface area contributed by atoms with Crippen molar-refractivity contribution in [3.05, 3.63) is 69.8 Å². The SMILES string of the molecule is O=C1/C(=C/c2ccccc2Cl)NC(=S)N1c1ccccc1Cl. The maximum atomic E-state index is 12.6. The van der Waals surface area contributed by atoms with Gasteiger partial charge in [-0.25, -0.2) is 0 Å². The van der Waals surface area contributed by atoms with E-state index >= 15 is 0 Å². The first-order valence-corrected chi connectivity index (χ1v) is 7.60. The fraction of sp³-hybridized carbons (Fsp3) is 0. The average Bonchev–Trinajstić information content (AvgIpc) is 2.77. The molecular weight excluding hydrogens is 339 g/mol. The number of halogens is 2. The highest BCUT2D eigenvalue weighted by atomic mass is 35.5. The number of hydrogen-bond acceptors (Lipinski definition) is 2. The zero-order chi connectivity index (χ0) is 15.7. The van der Waals surface area contributed by atoms with E-state index in [1.807, 2.05) is 18.2 Å². The smallest absolute Gasteiger partial charge is 0.281 e. The molecule has 0 aromatic heterocycles. The number of carbonyl (C=O) groups is 1. The Morgan fingerprint density at radius 1 is 1.00 bits per heavy atom. The number of benzene rings is 2. The van der Waals surface area contributed by atoms with Gasteiger partial charge in [0.15, 0.2) is 5.11 Å². The van der Waals surface area contributed by atoms with E-state index in [0.29, 0.717) is 21.4 Å². The minimum absolute atomic E-state index is 0.266. The Bertz CT molecular complexity index is 804. The molecule has 0 bridgehead atoms. The lowest BCUT2D eigenvalue weighted by Crippen LogP contribution is -2.30. The molecule has 22 heavy (non-hydrogen) atoms. The second-order valence-electron chi connectivity index (χ2n) is 4.60. The first-order valence-electron chi connectivity index (χ1n) is 6.44. The van der Waals surface area contributed by atoms with Gasteiger partial charge >= 0.3 is 0 Å². The summed E-state index contributed by atoms with van der Waals surface area (Å²) in [5.41, 5.74) is 1.65. The van der Waals surface area contributed by atoms with Crippen LogP contribution in [0.5, 0.6) is 0 Å². The van der Waals surface area contributed by atoms with E-state index in [1.54, 1.807) is 36.4 Å². The second-order valence-corrected chi connectivity index (χ2v) is 5.80. The van der Waals surface area contributed by atoms with Gasteiger partial charge in [0.05, 0.1) is 10.7 Å². The lowest BCUT2D eigenvalue weighted by Gasteiger charge is -2.15. The molecule has 1 saturated heterocycles. The highest BCUT2D eigenvalue weighted by Gasteiger charge is 2.33. The third-order valence-corrected chi connectivity index (χ3v) is 4.13. The quantitative estimate of drug-likeness (QED) is 0.650. The number of nitrogens with one attached hydrogen (secondary N) is 1. The Morgan fingerprint density at radius 3 is 2.32 bits per heavy atom. The van der Waals surface area contributed by atoms with E-state index in [9.17, 15) is 4.79 Å². The van der Waals surface area contributed by atoms with E-state index in [-0.39, 0.29) is 11.0 Å².